The Morgan fingerprint density at radius 2 is 2.04 bits per heavy atom. The summed E-state index contributed by atoms with van der Waals surface area (Å²) in [6.07, 6.45) is 2.85. The summed E-state index contributed by atoms with van der Waals surface area (Å²) in [7, 11) is 0. The van der Waals surface area contributed by atoms with Crippen LogP contribution in [0.4, 0.5) is 0 Å². The lowest BCUT2D eigenvalue weighted by Gasteiger charge is -2.33. The Bertz CT molecular complexity index is 776. The maximum atomic E-state index is 13.0. The highest BCUT2D eigenvalue weighted by Gasteiger charge is 2.47. The molecular formula is C22H27NO5. The fourth-order valence-electron chi connectivity index (χ4n) is 4.29. The highest BCUT2D eigenvalue weighted by Crippen LogP contribution is 2.35. The second-order valence-electron chi connectivity index (χ2n) is 8.10. The summed E-state index contributed by atoms with van der Waals surface area (Å²) in [5.74, 6) is -1.09. The number of benzene rings is 1. The van der Waals surface area contributed by atoms with Gasteiger partial charge in [0.25, 0.3) is 0 Å². The van der Waals surface area contributed by atoms with Gasteiger partial charge in [0, 0.05) is 19.0 Å². The van der Waals surface area contributed by atoms with Crippen molar-refractivity contribution >= 4 is 11.9 Å². The van der Waals surface area contributed by atoms with Crippen LogP contribution in [-0.2, 0) is 30.4 Å². The van der Waals surface area contributed by atoms with Gasteiger partial charge in [-0.2, -0.15) is 0 Å². The van der Waals surface area contributed by atoms with E-state index in [0.717, 1.165) is 30.6 Å². The summed E-state index contributed by atoms with van der Waals surface area (Å²) in [4.78, 5) is 27.9. The Labute approximate surface area is 165 Å². The molecule has 150 valence electrons. The number of cyclic esters (lactones) is 1. The van der Waals surface area contributed by atoms with Crippen LogP contribution in [0.5, 0.6) is 0 Å². The van der Waals surface area contributed by atoms with Crippen LogP contribution in [0.1, 0.15) is 32.3 Å². The Morgan fingerprint density at radius 3 is 2.82 bits per heavy atom. The lowest BCUT2D eigenvalue weighted by molar-refractivity contribution is -0.180. The van der Waals surface area contributed by atoms with E-state index in [1.807, 2.05) is 37.3 Å². The number of hydrogen-bond acceptors (Lipinski definition) is 6. The van der Waals surface area contributed by atoms with Crippen molar-refractivity contribution in [3.05, 3.63) is 47.5 Å². The van der Waals surface area contributed by atoms with Crippen molar-refractivity contribution in [1.29, 1.82) is 0 Å². The normalized spacial score (nSPS) is 33.5. The zero-order valence-electron chi connectivity index (χ0n) is 16.4. The molecule has 0 saturated carbocycles. The molecule has 2 fully saturated rings. The Balaban J connectivity index is 1.55. The molecule has 0 unspecified atom stereocenters. The lowest BCUT2D eigenvalue weighted by atomic mass is 9.87. The van der Waals surface area contributed by atoms with E-state index in [-0.39, 0.29) is 43.7 Å². The lowest BCUT2D eigenvalue weighted by Crippen LogP contribution is -2.46. The fourth-order valence-corrected chi connectivity index (χ4v) is 4.29. The molecule has 0 aliphatic carbocycles. The van der Waals surface area contributed by atoms with Crippen molar-refractivity contribution in [3.8, 4) is 0 Å². The molecular weight excluding hydrogens is 358 g/mol. The van der Waals surface area contributed by atoms with Gasteiger partial charge in [-0.05, 0) is 24.5 Å². The average Bonchev–Trinajstić information content (AvgIpc) is 3.27. The smallest absolute Gasteiger partial charge is 0.338 e. The predicted molar refractivity (Wildman–Crippen MR) is 102 cm³/mol. The maximum Gasteiger partial charge on any atom is 0.338 e. The molecule has 1 aromatic rings. The summed E-state index contributed by atoms with van der Waals surface area (Å²) in [5.41, 5.74) is 0.751. The van der Waals surface area contributed by atoms with Gasteiger partial charge in [0.15, 0.2) is 5.60 Å². The topological polar surface area (TPSA) is 65.1 Å². The molecule has 2 saturated heterocycles. The van der Waals surface area contributed by atoms with Gasteiger partial charge in [0.2, 0.25) is 0 Å². The van der Waals surface area contributed by atoms with Crippen LogP contribution in [0, 0.1) is 5.92 Å². The Kier molecular flexibility index (Phi) is 5.25. The van der Waals surface area contributed by atoms with E-state index in [0.29, 0.717) is 0 Å². The van der Waals surface area contributed by atoms with Crippen LogP contribution in [0.15, 0.2) is 42.0 Å². The number of ether oxygens (including phenoxy) is 3. The first-order valence-electron chi connectivity index (χ1n) is 9.95. The second-order valence-corrected chi connectivity index (χ2v) is 8.10. The van der Waals surface area contributed by atoms with Crippen LogP contribution in [0.25, 0.3) is 0 Å². The number of rotatable bonds is 3. The zero-order valence-corrected chi connectivity index (χ0v) is 16.4. The quantitative estimate of drug-likeness (QED) is 0.588. The van der Waals surface area contributed by atoms with E-state index in [9.17, 15) is 9.59 Å². The van der Waals surface area contributed by atoms with E-state index >= 15 is 0 Å². The third-order valence-corrected chi connectivity index (χ3v) is 6.27. The zero-order chi connectivity index (χ0) is 19.7. The monoisotopic (exact) mass is 385 g/mol. The summed E-state index contributed by atoms with van der Waals surface area (Å²) in [6, 6.07) is 9.70. The number of nitrogens with zero attached hydrogens (tertiary/aromatic N) is 1. The predicted octanol–water partition coefficient (Wildman–Crippen LogP) is 2.47. The van der Waals surface area contributed by atoms with Gasteiger partial charge in [-0.25, -0.2) is 4.79 Å². The molecule has 4 rings (SSSR count). The Hall–Kier alpha value is -2.18. The summed E-state index contributed by atoms with van der Waals surface area (Å²) >= 11 is 0. The molecule has 28 heavy (non-hydrogen) atoms. The fraction of sp³-hybridized carbons (Fsp3) is 0.545. The van der Waals surface area contributed by atoms with Crippen LogP contribution in [0.2, 0.25) is 0 Å². The SMILES string of the molecule is C[C@@H]1CC(=O)O[C@@H]2CCN3CC=C(COC(=O)[C@@]1(C)OCc1ccccc1)[C@H]23. The van der Waals surface area contributed by atoms with E-state index in [4.69, 9.17) is 14.2 Å². The Morgan fingerprint density at radius 1 is 1.25 bits per heavy atom. The molecule has 0 radical (unpaired) electrons. The molecule has 6 nitrogen and oxygen atoms in total. The molecule has 0 spiro atoms. The molecule has 0 aromatic heterocycles. The number of hydrogen-bond donors (Lipinski definition) is 0. The molecule has 0 amide bonds. The number of carbonyl (C=O) groups excluding carboxylic acids is 2. The third-order valence-electron chi connectivity index (χ3n) is 6.27. The first kappa shape index (κ1) is 19.2. The standard InChI is InChI=1S/C22H27NO5/c1-15-12-19(24)28-18-9-11-23-10-8-17(20(18)23)14-26-21(25)22(15,2)27-13-16-6-4-3-5-7-16/h3-8,15,18,20H,9-14H2,1-2H3/t15-,18-,20-,22+/m1/s1. The summed E-state index contributed by atoms with van der Waals surface area (Å²) in [6.45, 7) is 5.74. The van der Waals surface area contributed by atoms with Crippen LogP contribution >= 0.6 is 0 Å². The van der Waals surface area contributed by atoms with Crippen molar-refractivity contribution in [2.24, 2.45) is 5.92 Å². The van der Waals surface area contributed by atoms with Gasteiger partial charge in [-0.3, -0.25) is 9.69 Å². The van der Waals surface area contributed by atoms with Crippen molar-refractivity contribution in [3.63, 3.8) is 0 Å². The molecule has 3 heterocycles. The number of carbonyl (C=O) groups is 2. The number of esters is 2. The summed E-state index contributed by atoms with van der Waals surface area (Å²) in [5, 5.41) is 0. The minimum Gasteiger partial charge on any atom is -0.460 e. The first-order valence-corrected chi connectivity index (χ1v) is 9.95. The van der Waals surface area contributed by atoms with E-state index in [1.54, 1.807) is 6.92 Å². The molecule has 0 N–H and O–H groups in total. The molecule has 4 atom stereocenters. The average molecular weight is 385 g/mol. The van der Waals surface area contributed by atoms with Gasteiger partial charge >= 0.3 is 11.9 Å². The van der Waals surface area contributed by atoms with Gasteiger partial charge in [-0.1, -0.05) is 43.3 Å². The van der Waals surface area contributed by atoms with E-state index in [2.05, 4.69) is 11.0 Å². The van der Waals surface area contributed by atoms with Crippen molar-refractivity contribution in [1.82, 2.24) is 4.90 Å². The molecule has 3 aliphatic rings. The van der Waals surface area contributed by atoms with Gasteiger partial charge in [-0.15, -0.1) is 0 Å². The van der Waals surface area contributed by atoms with E-state index < -0.39 is 11.6 Å². The van der Waals surface area contributed by atoms with Crippen LogP contribution < -0.4 is 0 Å². The van der Waals surface area contributed by atoms with Crippen LogP contribution in [0.3, 0.4) is 0 Å². The second kappa shape index (κ2) is 7.68. The summed E-state index contributed by atoms with van der Waals surface area (Å²) < 4.78 is 17.6. The first-order chi connectivity index (χ1) is 13.5. The highest BCUT2D eigenvalue weighted by atomic mass is 16.6. The maximum absolute atomic E-state index is 13.0. The minimum absolute atomic E-state index is 0.0293. The molecule has 0 bridgehead atoms. The van der Waals surface area contributed by atoms with Gasteiger partial charge < -0.3 is 14.2 Å². The van der Waals surface area contributed by atoms with Crippen LogP contribution in [-0.4, -0.2) is 54.3 Å². The van der Waals surface area contributed by atoms with Gasteiger partial charge in [0.05, 0.1) is 19.1 Å². The highest BCUT2D eigenvalue weighted by molar-refractivity contribution is 5.81. The largest absolute Gasteiger partial charge is 0.460 e. The molecule has 1 aromatic carbocycles. The van der Waals surface area contributed by atoms with Crippen molar-refractivity contribution in [2.45, 2.75) is 51.0 Å². The van der Waals surface area contributed by atoms with Gasteiger partial charge in [0.1, 0.15) is 12.7 Å². The van der Waals surface area contributed by atoms with Crippen molar-refractivity contribution in [2.75, 3.05) is 19.7 Å². The van der Waals surface area contributed by atoms with Crippen molar-refractivity contribution < 1.29 is 23.8 Å². The minimum atomic E-state index is -1.23. The third kappa shape index (κ3) is 3.59. The van der Waals surface area contributed by atoms with E-state index in [1.165, 1.54) is 0 Å². The molecule has 6 heteroatoms. The molecule has 3 aliphatic heterocycles.